The number of nitrogens with one attached hydrogen (secondary N) is 1. The summed E-state index contributed by atoms with van der Waals surface area (Å²) in [5.74, 6) is 0.964. The first-order valence-electron chi connectivity index (χ1n) is 10.7. The third kappa shape index (κ3) is 4.95. The van der Waals surface area contributed by atoms with Crippen LogP contribution in [0.1, 0.15) is 38.5 Å². The van der Waals surface area contributed by atoms with Gasteiger partial charge >= 0.3 is 6.03 Å². The largest absolute Gasteiger partial charge is 0.371 e. The molecule has 5 heteroatoms. The van der Waals surface area contributed by atoms with Gasteiger partial charge in [0.15, 0.2) is 0 Å². The normalized spacial score (nSPS) is 22.6. The number of likely N-dealkylation sites (tertiary alicyclic amines) is 2. The summed E-state index contributed by atoms with van der Waals surface area (Å²) in [5, 5.41) is 3.30. The standard InChI is InChI=1S/C22H34N4O/c1-24(20-5-3-2-4-6-20)21-11-15-26(16-12-21)22(27)23-19-9-13-25(14-10-19)17-18-7-8-18/h2-6,18-19,21H,7-17H2,1H3,(H,23,27). The number of benzene rings is 1. The lowest BCUT2D eigenvalue weighted by molar-refractivity contribution is 0.160. The van der Waals surface area contributed by atoms with E-state index in [-0.39, 0.29) is 6.03 Å². The predicted molar refractivity (Wildman–Crippen MR) is 110 cm³/mol. The van der Waals surface area contributed by atoms with Crippen LogP contribution < -0.4 is 10.2 Å². The van der Waals surface area contributed by atoms with E-state index in [4.69, 9.17) is 0 Å². The predicted octanol–water partition coefficient (Wildman–Crippen LogP) is 3.17. The minimum absolute atomic E-state index is 0.149. The number of carbonyl (C=O) groups excluding carboxylic acids is 1. The van der Waals surface area contributed by atoms with Crippen molar-refractivity contribution in [3.63, 3.8) is 0 Å². The van der Waals surface area contributed by atoms with Gasteiger partial charge in [0.25, 0.3) is 0 Å². The summed E-state index contributed by atoms with van der Waals surface area (Å²) in [4.78, 5) is 19.6. The van der Waals surface area contributed by atoms with E-state index in [9.17, 15) is 4.79 Å². The summed E-state index contributed by atoms with van der Waals surface area (Å²) in [7, 11) is 2.17. The molecule has 2 aliphatic heterocycles. The van der Waals surface area contributed by atoms with Gasteiger partial charge in [-0.1, -0.05) is 18.2 Å². The summed E-state index contributed by atoms with van der Waals surface area (Å²) in [6, 6.07) is 11.6. The van der Waals surface area contributed by atoms with Gasteiger partial charge in [0, 0.05) is 57.5 Å². The molecule has 1 N–H and O–H groups in total. The van der Waals surface area contributed by atoms with Gasteiger partial charge < -0.3 is 20.0 Å². The monoisotopic (exact) mass is 370 g/mol. The number of urea groups is 1. The van der Waals surface area contributed by atoms with Crippen molar-refractivity contribution in [3.8, 4) is 0 Å². The molecule has 0 atom stereocenters. The Kier molecular flexibility index (Phi) is 5.86. The summed E-state index contributed by atoms with van der Waals surface area (Å²) < 4.78 is 0. The molecule has 0 spiro atoms. The van der Waals surface area contributed by atoms with Crippen molar-refractivity contribution in [2.24, 2.45) is 5.92 Å². The summed E-state index contributed by atoms with van der Waals surface area (Å²) in [6.07, 6.45) is 7.13. The van der Waals surface area contributed by atoms with Gasteiger partial charge in [-0.2, -0.15) is 0 Å². The SMILES string of the molecule is CN(c1ccccc1)C1CCN(C(=O)NC2CCN(CC3CC3)CC2)CC1. The molecule has 1 aromatic carbocycles. The van der Waals surface area contributed by atoms with Crippen LogP contribution in [-0.4, -0.2) is 67.7 Å². The number of amides is 2. The molecule has 1 aromatic rings. The first-order chi connectivity index (χ1) is 13.2. The van der Waals surface area contributed by atoms with Crippen molar-refractivity contribution in [3.05, 3.63) is 30.3 Å². The van der Waals surface area contributed by atoms with E-state index in [0.29, 0.717) is 12.1 Å². The number of anilines is 1. The zero-order valence-electron chi connectivity index (χ0n) is 16.6. The van der Waals surface area contributed by atoms with Crippen molar-refractivity contribution in [1.29, 1.82) is 0 Å². The van der Waals surface area contributed by atoms with Crippen molar-refractivity contribution in [1.82, 2.24) is 15.1 Å². The number of rotatable bonds is 5. The van der Waals surface area contributed by atoms with Crippen LogP contribution in [0.25, 0.3) is 0 Å². The molecular formula is C22H34N4O. The Morgan fingerprint density at radius 2 is 1.67 bits per heavy atom. The van der Waals surface area contributed by atoms with E-state index in [2.05, 4.69) is 52.5 Å². The van der Waals surface area contributed by atoms with Gasteiger partial charge in [-0.15, -0.1) is 0 Å². The Balaban J connectivity index is 1.18. The molecule has 148 valence electrons. The molecule has 0 unspecified atom stereocenters. The minimum Gasteiger partial charge on any atom is -0.371 e. The Labute approximate surface area is 163 Å². The maximum atomic E-state index is 12.7. The second-order valence-corrected chi connectivity index (χ2v) is 8.63. The van der Waals surface area contributed by atoms with E-state index in [1.165, 1.54) is 25.1 Å². The topological polar surface area (TPSA) is 38.8 Å². The number of nitrogens with zero attached hydrogens (tertiary/aromatic N) is 3. The molecule has 27 heavy (non-hydrogen) atoms. The molecule has 2 amide bonds. The van der Waals surface area contributed by atoms with Crippen molar-refractivity contribution < 1.29 is 4.79 Å². The Bertz CT molecular complexity index is 602. The van der Waals surface area contributed by atoms with E-state index in [1.54, 1.807) is 0 Å². The Morgan fingerprint density at radius 3 is 2.30 bits per heavy atom. The summed E-state index contributed by atoms with van der Waals surface area (Å²) in [5.41, 5.74) is 1.26. The van der Waals surface area contributed by atoms with Gasteiger partial charge in [-0.05, 0) is 56.6 Å². The molecule has 5 nitrogen and oxygen atoms in total. The Morgan fingerprint density at radius 1 is 1.00 bits per heavy atom. The molecule has 3 aliphatic rings. The molecule has 0 bridgehead atoms. The molecule has 0 radical (unpaired) electrons. The van der Waals surface area contributed by atoms with E-state index in [0.717, 1.165) is 57.8 Å². The second kappa shape index (κ2) is 8.51. The lowest BCUT2D eigenvalue weighted by Crippen LogP contribution is -2.52. The van der Waals surface area contributed by atoms with Crippen LogP contribution >= 0.6 is 0 Å². The highest BCUT2D eigenvalue weighted by Gasteiger charge is 2.29. The molecule has 2 saturated heterocycles. The average molecular weight is 371 g/mol. The highest BCUT2D eigenvalue weighted by molar-refractivity contribution is 5.74. The number of carbonyl (C=O) groups is 1. The number of piperidine rings is 2. The first-order valence-corrected chi connectivity index (χ1v) is 10.7. The molecular weight excluding hydrogens is 336 g/mol. The number of hydrogen-bond acceptors (Lipinski definition) is 3. The van der Waals surface area contributed by atoms with Crippen LogP contribution in [-0.2, 0) is 0 Å². The maximum absolute atomic E-state index is 12.7. The summed E-state index contributed by atoms with van der Waals surface area (Å²) in [6.45, 7) is 5.28. The summed E-state index contributed by atoms with van der Waals surface area (Å²) >= 11 is 0. The third-order valence-corrected chi connectivity index (χ3v) is 6.59. The number of para-hydroxylation sites is 1. The van der Waals surface area contributed by atoms with E-state index in [1.807, 2.05) is 4.90 Å². The van der Waals surface area contributed by atoms with Crippen molar-refractivity contribution in [2.75, 3.05) is 44.7 Å². The smallest absolute Gasteiger partial charge is 0.317 e. The third-order valence-electron chi connectivity index (χ3n) is 6.59. The van der Waals surface area contributed by atoms with Crippen molar-refractivity contribution in [2.45, 2.75) is 50.6 Å². The fourth-order valence-corrected chi connectivity index (χ4v) is 4.52. The van der Waals surface area contributed by atoms with Crippen LogP contribution in [0.2, 0.25) is 0 Å². The highest BCUT2D eigenvalue weighted by atomic mass is 16.2. The first kappa shape index (κ1) is 18.6. The van der Waals surface area contributed by atoms with Gasteiger partial charge in [0.05, 0.1) is 0 Å². The quantitative estimate of drug-likeness (QED) is 0.865. The second-order valence-electron chi connectivity index (χ2n) is 8.63. The molecule has 1 aliphatic carbocycles. The molecule has 1 saturated carbocycles. The zero-order chi connectivity index (χ0) is 18.6. The van der Waals surface area contributed by atoms with Gasteiger partial charge in [-0.25, -0.2) is 4.79 Å². The lowest BCUT2D eigenvalue weighted by Gasteiger charge is -2.39. The minimum atomic E-state index is 0.149. The van der Waals surface area contributed by atoms with Gasteiger partial charge in [0.1, 0.15) is 0 Å². The van der Waals surface area contributed by atoms with Gasteiger partial charge in [0.2, 0.25) is 0 Å². The van der Waals surface area contributed by atoms with Gasteiger partial charge in [-0.3, -0.25) is 0 Å². The number of hydrogen-bond donors (Lipinski definition) is 1. The van der Waals surface area contributed by atoms with Crippen LogP contribution in [0.4, 0.5) is 10.5 Å². The molecule has 3 fully saturated rings. The zero-order valence-corrected chi connectivity index (χ0v) is 16.6. The molecule has 2 heterocycles. The fourth-order valence-electron chi connectivity index (χ4n) is 4.52. The van der Waals surface area contributed by atoms with E-state index >= 15 is 0 Å². The van der Waals surface area contributed by atoms with Crippen molar-refractivity contribution >= 4 is 11.7 Å². The van der Waals surface area contributed by atoms with Crippen LogP contribution in [0.3, 0.4) is 0 Å². The van der Waals surface area contributed by atoms with Crippen LogP contribution in [0.15, 0.2) is 30.3 Å². The van der Waals surface area contributed by atoms with Crippen LogP contribution in [0.5, 0.6) is 0 Å². The van der Waals surface area contributed by atoms with Crippen LogP contribution in [0, 0.1) is 5.92 Å². The lowest BCUT2D eigenvalue weighted by atomic mass is 10.0. The molecule has 4 rings (SSSR count). The Hall–Kier alpha value is -1.75. The van der Waals surface area contributed by atoms with E-state index < -0.39 is 0 Å². The fraction of sp³-hybridized carbons (Fsp3) is 0.682. The molecule has 0 aromatic heterocycles. The average Bonchev–Trinajstić information content (AvgIpc) is 3.54. The highest BCUT2D eigenvalue weighted by Crippen LogP contribution is 2.30. The maximum Gasteiger partial charge on any atom is 0.317 e.